The van der Waals surface area contributed by atoms with Crippen LogP contribution < -0.4 is 0 Å². The molecular formula is C15H19F3N6O. The van der Waals surface area contributed by atoms with Crippen molar-refractivity contribution in [2.75, 3.05) is 6.54 Å². The van der Waals surface area contributed by atoms with Crippen LogP contribution in [0.4, 0.5) is 13.2 Å². The van der Waals surface area contributed by atoms with Gasteiger partial charge in [0.15, 0.2) is 5.82 Å². The van der Waals surface area contributed by atoms with Crippen LogP contribution in [0.2, 0.25) is 0 Å². The first-order valence-electron chi connectivity index (χ1n) is 7.97. The fourth-order valence-electron chi connectivity index (χ4n) is 3.11. The first-order valence-corrected chi connectivity index (χ1v) is 7.97. The van der Waals surface area contributed by atoms with E-state index in [0.29, 0.717) is 6.42 Å². The molecule has 0 fully saturated rings. The molecule has 0 N–H and O–H groups in total. The summed E-state index contributed by atoms with van der Waals surface area (Å²) in [6.45, 7) is 3.85. The molecule has 0 spiro atoms. The van der Waals surface area contributed by atoms with Crippen molar-refractivity contribution in [2.45, 2.75) is 45.5 Å². The number of aryl methyl sites for hydroxylation is 2. The predicted octanol–water partition coefficient (Wildman–Crippen LogP) is 1.87. The van der Waals surface area contributed by atoms with Gasteiger partial charge in [-0.3, -0.25) is 9.48 Å². The van der Waals surface area contributed by atoms with Crippen molar-refractivity contribution in [1.82, 2.24) is 29.4 Å². The number of nitrogens with zero attached hydrogens (tertiary/aromatic N) is 6. The molecule has 10 heteroatoms. The molecule has 1 atom stereocenters. The van der Waals surface area contributed by atoms with E-state index in [4.69, 9.17) is 0 Å². The summed E-state index contributed by atoms with van der Waals surface area (Å²) >= 11 is 0. The summed E-state index contributed by atoms with van der Waals surface area (Å²) in [4.78, 5) is 14.1. The Labute approximate surface area is 142 Å². The van der Waals surface area contributed by atoms with Crippen molar-refractivity contribution in [3.05, 3.63) is 29.1 Å². The lowest BCUT2D eigenvalue weighted by molar-refractivity contribution is -0.148. The van der Waals surface area contributed by atoms with E-state index in [1.54, 1.807) is 22.7 Å². The summed E-state index contributed by atoms with van der Waals surface area (Å²) in [5.74, 6) is -0.949. The number of aromatic nitrogens is 5. The number of hydrogen-bond donors (Lipinski definition) is 0. The summed E-state index contributed by atoms with van der Waals surface area (Å²) in [5.41, 5.74) is 1.98. The zero-order valence-corrected chi connectivity index (χ0v) is 14.2. The number of carbonyl (C=O) groups is 1. The molecule has 1 amide bonds. The average molecular weight is 356 g/mol. The number of hydrogen-bond acceptors (Lipinski definition) is 4. The third-order valence-corrected chi connectivity index (χ3v) is 4.70. The Kier molecular flexibility index (Phi) is 4.29. The largest absolute Gasteiger partial charge is 0.451 e. The Hall–Kier alpha value is -2.39. The highest BCUT2D eigenvalue weighted by Gasteiger charge is 2.41. The molecule has 0 aliphatic carbocycles. The molecule has 2 aromatic rings. The molecule has 7 nitrogen and oxygen atoms in total. The Balaban J connectivity index is 1.71. The van der Waals surface area contributed by atoms with E-state index in [9.17, 15) is 18.0 Å². The molecule has 3 rings (SSSR count). The Morgan fingerprint density at radius 1 is 1.32 bits per heavy atom. The van der Waals surface area contributed by atoms with Gasteiger partial charge in [0.05, 0.1) is 12.2 Å². The summed E-state index contributed by atoms with van der Waals surface area (Å²) < 4.78 is 41.6. The Bertz CT molecular complexity index is 794. The highest BCUT2D eigenvalue weighted by atomic mass is 19.4. The highest BCUT2D eigenvalue weighted by Crippen LogP contribution is 2.32. The summed E-state index contributed by atoms with van der Waals surface area (Å²) in [7, 11) is 1.83. The van der Waals surface area contributed by atoms with Gasteiger partial charge >= 0.3 is 6.18 Å². The number of rotatable bonds is 3. The van der Waals surface area contributed by atoms with E-state index in [1.807, 2.05) is 14.0 Å². The second-order valence-electron chi connectivity index (χ2n) is 6.17. The lowest BCUT2D eigenvalue weighted by atomic mass is 10.1. The summed E-state index contributed by atoms with van der Waals surface area (Å²) in [6.07, 6.45) is -2.00. The third kappa shape index (κ3) is 3.12. The topological polar surface area (TPSA) is 68.8 Å². The van der Waals surface area contributed by atoms with Gasteiger partial charge in [0.25, 0.3) is 0 Å². The van der Waals surface area contributed by atoms with Gasteiger partial charge in [-0.2, -0.15) is 18.3 Å². The fraction of sp³-hybridized carbons (Fsp3) is 0.600. The van der Waals surface area contributed by atoms with Crippen molar-refractivity contribution >= 4 is 5.91 Å². The minimum atomic E-state index is -4.55. The highest BCUT2D eigenvalue weighted by molar-refractivity contribution is 5.77. The van der Waals surface area contributed by atoms with Crippen molar-refractivity contribution in [3.8, 4) is 0 Å². The van der Waals surface area contributed by atoms with Crippen LogP contribution in [0.15, 0.2) is 6.20 Å². The maximum Gasteiger partial charge on any atom is 0.451 e. The van der Waals surface area contributed by atoms with Gasteiger partial charge in [-0.15, -0.1) is 10.2 Å². The van der Waals surface area contributed by atoms with Crippen molar-refractivity contribution in [3.63, 3.8) is 0 Å². The van der Waals surface area contributed by atoms with Crippen LogP contribution in [0, 0.1) is 6.92 Å². The zero-order valence-electron chi connectivity index (χ0n) is 14.2. The number of amides is 1. The first kappa shape index (κ1) is 17.4. The predicted molar refractivity (Wildman–Crippen MR) is 81.4 cm³/mol. The van der Waals surface area contributed by atoms with Crippen LogP contribution in [0.5, 0.6) is 0 Å². The average Bonchev–Trinajstić information content (AvgIpc) is 3.11. The lowest BCUT2D eigenvalue weighted by Crippen LogP contribution is -2.42. The first-order chi connectivity index (χ1) is 11.7. The van der Waals surface area contributed by atoms with Gasteiger partial charge in [0.2, 0.25) is 11.7 Å². The number of halogens is 3. The van der Waals surface area contributed by atoms with Crippen LogP contribution in [-0.2, 0) is 31.0 Å². The SMILES string of the molecule is Cc1c(CCC(=O)N2CCn3c(nnc3C(F)(F)F)C2C)cnn1C. The molecule has 1 aliphatic heterocycles. The van der Waals surface area contributed by atoms with E-state index >= 15 is 0 Å². The Morgan fingerprint density at radius 2 is 2.04 bits per heavy atom. The van der Waals surface area contributed by atoms with E-state index in [0.717, 1.165) is 15.8 Å². The van der Waals surface area contributed by atoms with Crippen LogP contribution in [0.1, 0.15) is 42.3 Å². The Morgan fingerprint density at radius 3 is 2.64 bits per heavy atom. The molecule has 25 heavy (non-hydrogen) atoms. The van der Waals surface area contributed by atoms with Gasteiger partial charge in [-0.1, -0.05) is 0 Å². The smallest absolute Gasteiger partial charge is 0.331 e. The van der Waals surface area contributed by atoms with Crippen LogP contribution in [-0.4, -0.2) is 41.9 Å². The van der Waals surface area contributed by atoms with Gasteiger partial charge < -0.3 is 9.47 Å². The van der Waals surface area contributed by atoms with Crippen LogP contribution >= 0.6 is 0 Å². The number of fused-ring (bicyclic) bond motifs is 1. The number of carbonyl (C=O) groups excluding carboxylic acids is 1. The monoisotopic (exact) mass is 356 g/mol. The molecule has 136 valence electrons. The quantitative estimate of drug-likeness (QED) is 0.842. The standard InChI is InChI=1S/C15H19F3N6O/c1-9-11(8-19-22(9)3)4-5-12(25)23-6-7-24-13(10(23)2)20-21-14(24)15(16,17)18/h8,10H,4-7H2,1-3H3. The molecule has 1 unspecified atom stereocenters. The van der Waals surface area contributed by atoms with Gasteiger partial charge in [0.1, 0.15) is 0 Å². The minimum Gasteiger partial charge on any atom is -0.331 e. The molecule has 0 saturated heterocycles. The lowest BCUT2D eigenvalue weighted by Gasteiger charge is -2.34. The van der Waals surface area contributed by atoms with Crippen molar-refractivity contribution in [2.24, 2.45) is 7.05 Å². The zero-order chi connectivity index (χ0) is 18.4. The van der Waals surface area contributed by atoms with Crippen molar-refractivity contribution < 1.29 is 18.0 Å². The van der Waals surface area contributed by atoms with Gasteiger partial charge in [-0.05, 0) is 25.8 Å². The van der Waals surface area contributed by atoms with E-state index in [-0.39, 0.29) is 31.2 Å². The van der Waals surface area contributed by atoms with Gasteiger partial charge in [0, 0.05) is 32.3 Å². The maximum absolute atomic E-state index is 12.9. The molecule has 0 radical (unpaired) electrons. The normalized spacial score (nSPS) is 17.7. The second kappa shape index (κ2) is 6.16. The van der Waals surface area contributed by atoms with Gasteiger partial charge in [-0.25, -0.2) is 0 Å². The minimum absolute atomic E-state index is 0.0409. The second-order valence-corrected chi connectivity index (χ2v) is 6.17. The molecule has 1 aliphatic rings. The molecular weight excluding hydrogens is 337 g/mol. The third-order valence-electron chi connectivity index (χ3n) is 4.70. The van der Waals surface area contributed by atoms with Crippen LogP contribution in [0.25, 0.3) is 0 Å². The molecule has 0 saturated carbocycles. The van der Waals surface area contributed by atoms with E-state index in [2.05, 4.69) is 15.3 Å². The molecule has 0 aromatic carbocycles. The van der Waals surface area contributed by atoms with Crippen molar-refractivity contribution in [1.29, 1.82) is 0 Å². The summed E-state index contributed by atoms with van der Waals surface area (Å²) in [6, 6.07) is -0.542. The van der Waals surface area contributed by atoms with Crippen LogP contribution in [0.3, 0.4) is 0 Å². The molecule has 2 aromatic heterocycles. The molecule has 0 bridgehead atoms. The molecule has 3 heterocycles. The summed E-state index contributed by atoms with van der Waals surface area (Å²) in [5, 5.41) is 11.1. The maximum atomic E-state index is 12.9. The fourth-order valence-corrected chi connectivity index (χ4v) is 3.11. The van der Waals surface area contributed by atoms with E-state index < -0.39 is 18.0 Å². The van der Waals surface area contributed by atoms with E-state index in [1.165, 1.54) is 0 Å². The number of alkyl halides is 3.